The summed E-state index contributed by atoms with van der Waals surface area (Å²) in [5.74, 6) is 0.900. The van der Waals surface area contributed by atoms with Crippen LogP contribution in [0.1, 0.15) is 5.56 Å². The Labute approximate surface area is 194 Å². The van der Waals surface area contributed by atoms with Gasteiger partial charge in [-0.05, 0) is 29.0 Å². The molecule has 1 saturated heterocycles. The van der Waals surface area contributed by atoms with Gasteiger partial charge in [0.25, 0.3) is 0 Å². The second kappa shape index (κ2) is 9.13. The van der Waals surface area contributed by atoms with Crippen LogP contribution in [-0.2, 0) is 21.4 Å². The Balaban J connectivity index is 1.21. The number of fused-ring (bicyclic) bond motifs is 2. The van der Waals surface area contributed by atoms with Gasteiger partial charge < -0.3 is 9.64 Å². The van der Waals surface area contributed by atoms with Gasteiger partial charge in [-0.2, -0.15) is 4.31 Å². The molecule has 0 atom stereocenters. The van der Waals surface area contributed by atoms with Crippen LogP contribution in [0, 0.1) is 0 Å². The second-order valence-corrected chi connectivity index (χ2v) is 10.4. The van der Waals surface area contributed by atoms with Gasteiger partial charge in [-0.25, -0.2) is 8.42 Å². The topological polar surface area (TPSA) is 70.2 Å². The molecule has 0 saturated carbocycles. The molecule has 0 radical (unpaired) electrons. The van der Waals surface area contributed by atoms with Crippen molar-refractivity contribution in [3.05, 3.63) is 72.3 Å². The van der Waals surface area contributed by atoms with Crippen LogP contribution in [0.3, 0.4) is 0 Å². The molecular weight excluding hydrogens is 438 g/mol. The summed E-state index contributed by atoms with van der Waals surface area (Å²) < 4.78 is 33.6. The molecule has 0 unspecified atom stereocenters. The number of benzene rings is 3. The predicted octanol–water partition coefficient (Wildman–Crippen LogP) is 2.57. The van der Waals surface area contributed by atoms with E-state index in [0.29, 0.717) is 57.3 Å². The summed E-state index contributed by atoms with van der Waals surface area (Å²) in [6, 6.07) is 20.8. The van der Waals surface area contributed by atoms with Gasteiger partial charge >= 0.3 is 0 Å². The van der Waals surface area contributed by atoms with Crippen molar-refractivity contribution >= 4 is 26.7 Å². The molecule has 33 heavy (non-hydrogen) atoms. The largest absolute Gasteiger partial charge is 0.492 e. The SMILES string of the molecule is O=C(CN1CCOc2ccccc2C1)N1CCN(S(=O)(=O)c2ccc3ccccc3c2)CC1. The maximum absolute atomic E-state index is 13.2. The fourth-order valence-corrected chi connectivity index (χ4v) is 5.92. The zero-order chi connectivity index (χ0) is 22.8. The van der Waals surface area contributed by atoms with E-state index in [1.165, 1.54) is 4.31 Å². The van der Waals surface area contributed by atoms with Crippen molar-refractivity contribution in [3.8, 4) is 5.75 Å². The summed E-state index contributed by atoms with van der Waals surface area (Å²) in [6.07, 6.45) is 0. The summed E-state index contributed by atoms with van der Waals surface area (Å²) in [4.78, 5) is 17.1. The van der Waals surface area contributed by atoms with Crippen molar-refractivity contribution in [2.45, 2.75) is 11.4 Å². The smallest absolute Gasteiger partial charge is 0.243 e. The molecule has 2 aliphatic rings. The minimum absolute atomic E-state index is 0.0251. The number of carbonyl (C=O) groups is 1. The zero-order valence-electron chi connectivity index (χ0n) is 18.4. The number of amides is 1. The highest BCUT2D eigenvalue weighted by Crippen LogP contribution is 2.24. The van der Waals surface area contributed by atoms with Crippen LogP contribution >= 0.6 is 0 Å². The van der Waals surface area contributed by atoms with Gasteiger partial charge in [0.15, 0.2) is 0 Å². The van der Waals surface area contributed by atoms with E-state index in [0.717, 1.165) is 22.1 Å². The minimum Gasteiger partial charge on any atom is -0.492 e. The first-order valence-electron chi connectivity index (χ1n) is 11.2. The lowest BCUT2D eigenvalue weighted by atomic mass is 10.1. The highest BCUT2D eigenvalue weighted by Gasteiger charge is 2.31. The molecule has 0 N–H and O–H groups in total. The van der Waals surface area contributed by atoms with Crippen molar-refractivity contribution < 1.29 is 17.9 Å². The molecule has 5 rings (SSSR count). The van der Waals surface area contributed by atoms with Gasteiger partial charge in [-0.3, -0.25) is 9.69 Å². The van der Waals surface area contributed by atoms with Crippen molar-refractivity contribution in [1.29, 1.82) is 0 Å². The molecule has 2 heterocycles. The van der Waals surface area contributed by atoms with Gasteiger partial charge in [0, 0.05) is 44.8 Å². The molecular formula is C25H27N3O4S. The standard InChI is InChI=1S/C25H27N3O4S/c29-25(19-26-15-16-32-24-8-4-3-7-22(24)18-26)27-11-13-28(14-12-27)33(30,31)23-10-9-20-5-1-2-6-21(20)17-23/h1-10,17H,11-16,18-19H2. The maximum Gasteiger partial charge on any atom is 0.243 e. The van der Waals surface area contributed by atoms with Crippen molar-refractivity contribution in [2.24, 2.45) is 0 Å². The minimum atomic E-state index is -3.60. The first kappa shape index (κ1) is 21.9. The lowest BCUT2D eigenvalue weighted by Crippen LogP contribution is -2.52. The van der Waals surface area contributed by atoms with Crippen LogP contribution in [-0.4, -0.2) is 74.3 Å². The van der Waals surface area contributed by atoms with E-state index in [2.05, 4.69) is 4.90 Å². The Morgan fingerprint density at radius 2 is 1.58 bits per heavy atom. The average Bonchev–Trinajstić information content (AvgIpc) is 3.05. The number of hydrogen-bond donors (Lipinski definition) is 0. The van der Waals surface area contributed by atoms with E-state index in [1.807, 2.05) is 54.6 Å². The summed E-state index contributed by atoms with van der Waals surface area (Å²) in [6.45, 7) is 3.57. The number of piperazine rings is 1. The fraction of sp³-hybridized carbons (Fsp3) is 0.320. The molecule has 0 aliphatic carbocycles. The summed E-state index contributed by atoms with van der Waals surface area (Å²) in [5.41, 5.74) is 1.08. The van der Waals surface area contributed by atoms with Crippen LogP contribution in [0.15, 0.2) is 71.6 Å². The maximum atomic E-state index is 13.2. The molecule has 1 fully saturated rings. The Hall–Kier alpha value is -2.94. The molecule has 3 aromatic carbocycles. The number of para-hydroxylation sites is 1. The highest BCUT2D eigenvalue weighted by molar-refractivity contribution is 7.89. The summed E-state index contributed by atoms with van der Waals surface area (Å²) >= 11 is 0. The van der Waals surface area contributed by atoms with Crippen LogP contribution in [0.25, 0.3) is 10.8 Å². The molecule has 1 amide bonds. The molecule has 3 aromatic rings. The fourth-order valence-electron chi connectivity index (χ4n) is 4.46. The third kappa shape index (κ3) is 4.59. The average molecular weight is 466 g/mol. The number of sulfonamides is 1. The lowest BCUT2D eigenvalue weighted by molar-refractivity contribution is -0.133. The number of hydrogen-bond acceptors (Lipinski definition) is 5. The van der Waals surface area contributed by atoms with Crippen molar-refractivity contribution in [3.63, 3.8) is 0 Å². The van der Waals surface area contributed by atoms with E-state index < -0.39 is 10.0 Å². The number of nitrogens with zero attached hydrogens (tertiary/aromatic N) is 3. The van der Waals surface area contributed by atoms with Gasteiger partial charge in [0.1, 0.15) is 12.4 Å². The summed E-state index contributed by atoms with van der Waals surface area (Å²) in [7, 11) is -3.60. The number of rotatable bonds is 4. The van der Waals surface area contributed by atoms with Gasteiger partial charge in [-0.15, -0.1) is 0 Å². The highest BCUT2D eigenvalue weighted by atomic mass is 32.2. The van der Waals surface area contributed by atoms with E-state index in [1.54, 1.807) is 17.0 Å². The molecule has 2 aliphatic heterocycles. The Morgan fingerprint density at radius 1 is 0.848 bits per heavy atom. The van der Waals surface area contributed by atoms with E-state index in [9.17, 15) is 13.2 Å². The third-order valence-corrected chi connectivity index (χ3v) is 8.24. The van der Waals surface area contributed by atoms with Crippen molar-refractivity contribution in [1.82, 2.24) is 14.1 Å². The lowest BCUT2D eigenvalue weighted by Gasteiger charge is -2.35. The quantitative estimate of drug-likeness (QED) is 0.592. The first-order chi connectivity index (χ1) is 16.0. The Kier molecular flexibility index (Phi) is 6.05. The predicted molar refractivity (Wildman–Crippen MR) is 127 cm³/mol. The molecule has 172 valence electrons. The van der Waals surface area contributed by atoms with Crippen LogP contribution < -0.4 is 4.74 Å². The van der Waals surface area contributed by atoms with Crippen LogP contribution in [0.5, 0.6) is 5.75 Å². The first-order valence-corrected chi connectivity index (χ1v) is 12.6. The summed E-state index contributed by atoms with van der Waals surface area (Å²) in [5, 5.41) is 1.91. The van der Waals surface area contributed by atoms with E-state index in [-0.39, 0.29) is 5.91 Å². The number of ether oxygens (including phenoxy) is 1. The zero-order valence-corrected chi connectivity index (χ0v) is 19.2. The molecule has 0 aromatic heterocycles. The van der Waals surface area contributed by atoms with Crippen LogP contribution in [0.4, 0.5) is 0 Å². The van der Waals surface area contributed by atoms with E-state index >= 15 is 0 Å². The van der Waals surface area contributed by atoms with Gasteiger partial charge in [0.2, 0.25) is 15.9 Å². The Morgan fingerprint density at radius 3 is 2.39 bits per heavy atom. The van der Waals surface area contributed by atoms with E-state index in [4.69, 9.17) is 4.74 Å². The Bertz CT molecular complexity index is 1270. The van der Waals surface area contributed by atoms with Gasteiger partial charge in [-0.1, -0.05) is 48.5 Å². The molecule has 7 nitrogen and oxygen atoms in total. The molecule has 0 bridgehead atoms. The van der Waals surface area contributed by atoms with Crippen LogP contribution in [0.2, 0.25) is 0 Å². The molecule has 8 heteroatoms. The number of carbonyl (C=O) groups excluding carboxylic acids is 1. The molecule has 0 spiro atoms. The third-order valence-electron chi connectivity index (χ3n) is 6.34. The van der Waals surface area contributed by atoms with Gasteiger partial charge in [0.05, 0.1) is 11.4 Å². The second-order valence-electron chi connectivity index (χ2n) is 8.46. The normalized spacial score (nSPS) is 17.9. The van der Waals surface area contributed by atoms with Crippen molar-refractivity contribution in [2.75, 3.05) is 45.9 Å². The monoisotopic (exact) mass is 465 g/mol.